The number of rotatable bonds is 4. The van der Waals surface area contributed by atoms with Crippen LogP contribution < -0.4 is 0 Å². The minimum absolute atomic E-state index is 0.0611. The quantitative estimate of drug-likeness (QED) is 0.882. The maximum Gasteiger partial charge on any atom is 0.0571 e. The predicted molar refractivity (Wildman–Crippen MR) is 59.1 cm³/mol. The smallest absolute Gasteiger partial charge is 0.0571 e. The molecule has 1 fully saturated rings. The molecule has 0 spiro atoms. The summed E-state index contributed by atoms with van der Waals surface area (Å²) >= 11 is 5.26. The standard InChI is InChI=1S/C10H13BrOS/c11-8-5-6-13-10(8)4-3-9(12)7-1-2-7/h5-7,9,12H,1-4H2. The van der Waals surface area contributed by atoms with Gasteiger partial charge in [0.2, 0.25) is 0 Å². The largest absolute Gasteiger partial charge is 0.393 e. The Labute approximate surface area is 90.9 Å². The molecular weight excluding hydrogens is 248 g/mol. The highest BCUT2D eigenvalue weighted by atomic mass is 79.9. The van der Waals surface area contributed by atoms with Crippen LogP contribution in [0.4, 0.5) is 0 Å². The van der Waals surface area contributed by atoms with Crippen LogP contribution in [0.2, 0.25) is 0 Å². The van der Waals surface area contributed by atoms with E-state index in [0.717, 1.165) is 12.8 Å². The third-order valence-electron chi connectivity index (χ3n) is 2.52. The van der Waals surface area contributed by atoms with Crippen LogP contribution in [0.1, 0.15) is 24.1 Å². The van der Waals surface area contributed by atoms with Gasteiger partial charge in [-0.2, -0.15) is 0 Å². The highest BCUT2D eigenvalue weighted by Gasteiger charge is 2.29. The molecule has 0 bridgehead atoms. The summed E-state index contributed by atoms with van der Waals surface area (Å²) in [4.78, 5) is 1.36. The fourth-order valence-corrected chi connectivity index (χ4v) is 3.07. The van der Waals surface area contributed by atoms with Crippen molar-refractivity contribution in [3.05, 3.63) is 20.8 Å². The van der Waals surface area contributed by atoms with Gasteiger partial charge in [-0.05, 0) is 59.0 Å². The fourth-order valence-electron chi connectivity index (χ4n) is 1.50. The molecule has 0 saturated heterocycles. The second-order valence-electron chi connectivity index (χ2n) is 3.64. The molecule has 0 radical (unpaired) electrons. The van der Waals surface area contributed by atoms with Gasteiger partial charge in [-0.1, -0.05) is 0 Å². The maximum atomic E-state index is 9.67. The first kappa shape index (κ1) is 9.69. The molecule has 1 saturated carbocycles. The van der Waals surface area contributed by atoms with Crippen LogP contribution in [0.3, 0.4) is 0 Å². The third kappa shape index (κ3) is 2.55. The summed E-state index contributed by atoms with van der Waals surface area (Å²) in [6.07, 6.45) is 4.33. The molecule has 1 aromatic heterocycles. The molecule has 0 amide bonds. The predicted octanol–water partition coefficient (Wildman–Crippen LogP) is 3.21. The van der Waals surface area contributed by atoms with Crippen molar-refractivity contribution >= 4 is 27.3 Å². The number of aliphatic hydroxyl groups excluding tert-OH is 1. The van der Waals surface area contributed by atoms with E-state index in [1.165, 1.54) is 22.2 Å². The van der Waals surface area contributed by atoms with Gasteiger partial charge in [-0.15, -0.1) is 11.3 Å². The van der Waals surface area contributed by atoms with Crippen molar-refractivity contribution in [3.8, 4) is 0 Å². The topological polar surface area (TPSA) is 20.2 Å². The SMILES string of the molecule is OC(CCc1sccc1Br)C1CC1. The molecule has 1 heterocycles. The third-order valence-corrected chi connectivity index (χ3v) is 4.51. The van der Waals surface area contributed by atoms with Crippen LogP contribution >= 0.6 is 27.3 Å². The molecule has 13 heavy (non-hydrogen) atoms. The Morgan fingerprint density at radius 3 is 2.92 bits per heavy atom. The van der Waals surface area contributed by atoms with Gasteiger partial charge in [-0.3, -0.25) is 0 Å². The fraction of sp³-hybridized carbons (Fsp3) is 0.600. The number of hydrogen-bond acceptors (Lipinski definition) is 2. The van der Waals surface area contributed by atoms with Crippen LogP contribution in [0.15, 0.2) is 15.9 Å². The minimum atomic E-state index is -0.0611. The molecule has 0 aliphatic heterocycles. The zero-order valence-electron chi connectivity index (χ0n) is 7.37. The van der Waals surface area contributed by atoms with Gasteiger partial charge >= 0.3 is 0 Å². The number of hydrogen-bond donors (Lipinski definition) is 1. The zero-order valence-corrected chi connectivity index (χ0v) is 9.77. The van der Waals surface area contributed by atoms with Crippen molar-refractivity contribution in [2.24, 2.45) is 5.92 Å². The summed E-state index contributed by atoms with van der Waals surface area (Å²) in [5, 5.41) is 11.8. The first-order chi connectivity index (χ1) is 6.27. The van der Waals surface area contributed by atoms with E-state index in [9.17, 15) is 5.11 Å². The Hall–Kier alpha value is 0.140. The molecule has 2 rings (SSSR count). The van der Waals surface area contributed by atoms with Gasteiger partial charge in [0.05, 0.1) is 6.10 Å². The van der Waals surface area contributed by atoms with Crippen molar-refractivity contribution in [3.63, 3.8) is 0 Å². The molecular formula is C10H13BrOS. The molecule has 1 atom stereocenters. The first-order valence-corrected chi connectivity index (χ1v) is 6.34. The van der Waals surface area contributed by atoms with Gasteiger partial charge < -0.3 is 5.11 Å². The summed E-state index contributed by atoms with van der Waals surface area (Å²) in [6.45, 7) is 0. The van der Waals surface area contributed by atoms with Crippen molar-refractivity contribution < 1.29 is 5.11 Å². The second-order valence-corrected chi connectivity index (χ2v) is 5.49. The van der Waals surface area contributed by atoms with Crippen LogP contribution in [0, 0.1) is 5.92 Å². The molecule has 3 heteroatoms. The number of halogens is 1. The normalized spacial score (nSPS) is 18.9. The number of thiophene rings is 1. The second kappa shape index (κ2) is 4.11. The lowest BCUT2D eigenvalue weighted by molar-refractivity contribution is 0.142. The summed E-state index contributed by atoms with van der Waals surface area (Å²) in [5.41, 5.74) is 0. The van der Waals surface area contributed by atoms with Crippen LogP contribution in [-0.2, 0) is 6.42 Å². The van der Waals surface area contributed by atoms with Gasteiger partial charge in [0.25, 0.3) is 0 Å². The summed E-state index contributed by atoms with van der Waals surface area (Å²) < 4.78 is 1.19. The van der Waals surface area contributed by atoms with Crippen molar-refractivity contribution in [1.82, 2.24) is 0 Å². The Morgan fingerprint density at radius 1 is 1.62 bits per heavy atom. The van der Waals surface area contributed by atoms with Crippen LogP contribution in [0.25, 0.3) is 0 Å². The average molecular weight is 261 g/mol. The van der Waals surface area contributed by atoms with E-state index in [1.807, 2.05) is 0 Å². The highest BCUT2D eigenvalue weighted by Crippen LogP contribution is 2.35. The van der Waals surface area contributed by atoms with E-state index < -0.39 is 0 Å². The molecule has 1 aliphatic rings. The summed E-state index contributed by atoms with van der Waals surface area (Å²) in [5.74, 6) is 0.610. The van der Waals surface area contributed by atoms with Gasteiger partial charge in [0, 0.05) is 9.35 Å². The first-order valence-electron chi connectivity index (χ1n) is 4.67. The minimum Gasteiger partial charge on any atom is -0.393 e. The molecule has 1 N–H and O–H groups in total. The van der Waals surface area contributed by atoms with Gasteiger partial charge in [0.15, 0.2) is 0 Å². The maximum absolute atomic E-state index is 9.67. The Kier molecular flexibility index (Phi) is 3.06. The van der Waals surface area contributed by atoms with Crippen LogP contribution in [0.5, 0.6) is 0 Å². The van der Waals surface area contributed by atoms with Gasteiger partial charge in [-0.25, -0.2) is 0 Å². The molecule has 1 aromatic rings. The lowest BCUT2D eigenvalue weighted by Crippen LogP contribution is -2.09. The highest BCUT2D eigenvalue weighted by molar-refractivity contribution is 9.10. The monoisotopic (exact) mass is 260 g/mol. The molecule has 72 valence electrons. The summed E-state index contributed by atoms with van der Waals surface area (Å²) in [7, 11) is 0. The van der Waals surface area contributed by atoms with Crippen molar-refractivity contribution in [1.29, 1.82) is 0 Å². The lowest BCUT2D eigenvalue weighted by atomic mass is 10.1. The van der Waals surface area contributed by atoms with Gasteiger partial charge in [0.1, 0.15) is 0 Å². The Balaban J connectivity index is 1.81. The van der Waals surface area contributed by atoms with E-state index >= 15 is 0 Å². The van der Waals surface area contributed by atoms with E-state index in [2.05, 4.69) is 27.4 Å². The van der Waals surface area contributed by atoms with E-state index in [1.54, 1.807) is 11.3 Å². The molecule has 1 unspecified atom stereocenters. The Bertz CT molecular complexity index is 280. The van der Waals surface area contributed by atoms with E-state index in [-0.39, 0.29) is 6.10 Å². The average Bonchev–Trinajstić information content (AvgIpc) is 2.88. The number of aliphatic hydroxyl groups is 1. The Morgan fingerprint density at radius 2 is 2.38 bits per heavy atom. The molecule has 1 aliphatic carbocycles. The van der Waals surface area contributed by atoms with Crippen molar-refractivity contribution in [2.75, 3.05) is 0 Å². The van der Waals surface area contributed by atoms with E-state index in [0.29, 0.717) is 5.92 Å². The summed E-state index contributed by atoms with van der Waals surface area (Å²) in [6, 6.07) is 2.07. The van der Waals surface area contributed by atoms with Crippen molar-refractivity contribution in [2.45, 2.75) is 31.8 Å². The molecule has 0 aromatic carbocycles. The van der Waals surface area contributed by atoms with E-state index in [4.69, 9.17) is 0 Å². The number of aryl methyl sites for hydroxylation is 1. The molecule has 1 nitrogen and oxygen atoms in total. The van der Waals surface area contributed by atoms with Crippen LogP contribution in [-0.4, -0.2) is 11.2 Å². The lowest BCUT2D eigenvalue weighted by Gasteiger charge is -2.07. The zero-order chi connectivity index (χ0) is 9.26.